The number of imidazole rings is 1. The van der Waals surface area contributed by atoms with Crippen LogP contribution in [0.4, 0.5) is 11.5 Å². The fourth-order valence-corrected chi connectivity index (χ4v) is 2.84. The van der Waals surface area contributed by atoms with E-state index in [1.165, 1.54) is 12.5 Å². The quantitative estimate of drug-likeness (QED) is 0.673. The van der Waals surface area contributed by atoms with Gasteiger partial charge >= 0.3 is 0 Å². The summed E-state index contributed by atoms with van der Waals surface area (Å²) in [6.45, 7) is 4.51. The highest BCUT2D eigenvalue weighted by atomic mass is 32.2. The highest BCUT2D eigenvalue weighted by Gasteiger charge is 2.17. The second-order valence-corrected chi connectivity index (χ2v) is 7.48. The first kappa shape index (κ1) is 18.1. The summed E-state index contributed by atoms with van der Waals surface area (Å²) in [5.41, 5.74) is 0.910. The van der Waals surface area contributed by atoms with Crippen LogP contribution in [0.3, 0.4) is 0 Å². The van der Waals surface area contributed by atoms with Crippen LogP contribution in [0.15, 0.2) is 29.8 Å². The van der Waals surface area contributed by atoms with Gasteiger partial charge in [-0.3, -0.25) is 0 Å². The zero-order chi connectivity index (χ0) is 17.7. The van der Waals surface area contributed by atoms with Gasteiger partial charge in [-0.1, -0.05) is 0 Å². The average molecular weight is 353 g/mol. The first-order valence-electron chi connectivity index (χ1n) is 7.56. The Labute approximate surface area is 142 Å². The molecule has 0 unspecified atom stereocenters. The van der Waals surface area contributed by atoms with Gasteiger partial charge in [-0.25, -0.2) is 18.1 Å². The molecule has 0 aromatic carbocycles. The maximum Gasteiger partial charge on any atom is 0.259 e. The molecule has 132 valence electrons. The van der Waals surface area contributed by atoms with E-state index in [1.54, 1.807) is 10.8 Å². The van der Waals surface area contributed by atoms with Crippen molar-refractivity contribution in [3.63, 3.8) is 0 Å². The zero-order valence-electron chi connectivity index (χ0n) is 14.3. The van der Waals surface area contributed by atoms with Gasteiger partial charge in [0.05, 0.1) is 18.2 Å². The first-order chi connectivity index (χ1) is 11.3. The van der Waals surface area contributed by atoms with E-state index < -0.39 is 10.0 Å². The highest BCUT2D eigenvalue weighted by Crippen LogP contribution is 2.12. The lowest BCUT2D eigenvalue weighted by Gasteiger charge is -2.12. The van der Waals surface area contributed by atoms with Crippen molar-refractivity contribution in [2.45, 2.75) is 24.9 Å². The number of sulfonamides is 1. The largest absolute Gasteiger partial charge is 0.376 e. The van der Waals surface area contributed by atoms with Gasteiger partial charge in [0.2, 0.25) is 0 Å². The second kappa shape index (κ2) is 7.58. The molecule has 9 nitrogen and oxygen atoms in total. The molecule has 0 atom stereocenters. The highest BCUT2D eigenvalue weighted by molar-refractivity contribution is 7.89. The van der Waals surface area contributed by atoms with Gasteiger partial charge in [-0.15, -0.1) is 5.10 Å². The van der Waals surface area contributed by atoms with Crippen molar-refractivity contribution in [3.05, 3.63) is 24.8 Å². The van der Waals surface area contributed by atoms with Crippen molar-refractivity contribution in [1.82, 2.24) is 24.5 Å². The van der Waals surface area contributed by atoms with Crippen LogP contribution in [0, 0.1) is 0 Å². The number of nitrogens with one attached hydrogen (secondary N) is 2. The maximum atomic E-state index is 12.2. The molecule has 2 rings (SSSR count). The topological polar surface area (TPSA) is 105 Å². The predicted molar refractivity (Wildman–Crippen MR) is 92.6 cm³/mol. The summed E-state index contributed by atoms with van der Waals surface area (Å²) < 4.78 is 28.6. The summed E-state index contributed by atoms with van der Waals surface area (Å²) in [6, 6.07) is 2.00. The Balaban J connectivity index is 1.88. The van der Waals surface area contributed by atoms with Crippen LogP contribution in [-0.4, -0.2) is 55.4 Å². The van der Waals surface area contributed by atoms with Crippen molar-refractivity contribution in [2.24, 2.45) is 0 Å². The van der Waals surface area contributed by atoms with Crippen LogP contribution in [-0.2, 0) is 10.0 Å². The molecule has 0 saturated heterocycles. The van der Waals surface area contributed by atoms with E-state index in [0.29, 0.717) is 12.4 Å². The molecule has 0 spiro atoms. The molecular formula is C14H23N7O2S. The molecule has 24 heavy (non-hydrogen) atoms. The summed E-state index contributed by atoms with van der Waals surface area (Å²) in [6.07, 6.45) is 4.69. The number of hydrogen-bond acceptors (Lipinski definition) is 7. The van der Waals surface area contributed by atoms with Gasteiger partial charge in [-0.2, -0.15) is 5.10 Å². The van der Waals surface area contributed by atoms with Gasteiger partial charge < -0.3 is 14.8 Å². The third kappa shape index (κ3) is 4.65. The minimum atomic E-state index is -3.62. The molecule has 0 aliphatic heterocycles. The van der Waals surface area contributed by atoms with Crippen molar-refractivity contribution in [3.8, 4) is 0 Å². The van der Waals surface area contributed by atoms with E-state index in [9.17, 15) is 8.42 Å². The van der Waals surface area contributed by atoms with Crippen LogP contribution in [0.25, 0.3) is 0 Å². The minimum Gasteiger partial charge on any atom is -0.376 e. The van der Waals surface area contributed by atoms with E-state index in [0.717, 1.165) is 5.69 Å². The van der Waals surface area contributed by atoms with Gasteiger partial charge in [-0.05, 0) is 13.8 Å². The lowest BCUT2D eigenvalue weighted by molar-refractivity contribution is 0.577. The van der Waals surface area contributed by atoms with Crippen molar-refractivity contribution < 1.29 is 8.42 Å². The fraction of sp³-hybridized carbons (Fsp3) is 0.500. The SMILES string of the molecule is CC(C)n1cnc(S(=O)(=O)NCCNc2cc(N(C)C)cnn2)c1. The third-order valence-electron chi connectivity index (χ3n) is 3.33. The second-order valence-electron chi connectivity index (χ2n) is 5.77. The van der Waals surface area contributed by atoms with Crippen LogP contribution in [0.1, 0.15) is 19.9 Å². The summed E-state index contributed by atoms with van der Waals surface area (Å²) in [5.74, 6) is 0.587. The molecule has 2 heterocycles. The molecule has 2 aromatic heterocycles. The molecule has 0 bridgehead atoms. The van der Waals surface area contributed by atoms with E-state index >= 15 is 0 Å². The van der Waals surface area contributed by atoms with Crippen LogP contribution < -0.4 is 14.9 Å². The Hall–Kier alpha value is -2.20. The van der Waals surface area contributed by atoms with Gasteiger partial charge in [0.25, 0.3) is 10.0 Å². The fourth-order valence-electron chi connectivity index (χ4n) is 1.88. The molecule has 0 fully saturated rings. The maximum absolute atomic E-state index is 12.2. The minimum absolute atomic E-state index is 0.0191. The number of anilines is 2. The van der Waals surface area contributed by atoms with Gasteiger partial charge in [0.1, 0.15) is 0 Å². The van der Waals surface area contributed by atoms with Crippen LogP contribution in [0.2, 0.25) is 0 Å². The molecule has 0 aliphatic rings. The van der Waals surface area contributed by atoms with Crippen LogP contribution >= 0.6 is 0 Å². The molecule has 2 N–H and O–H groups in total. The summed E-state index contributed by atoms with van der Waals surface area (Å²) in [4.78, 5) is 5.85. The van der Waals surface area contributed by atoms with Crippen molar-refractivity contribution >= 4 is 21.5 Å². The van der Waals surface area contributed by atoms with E-state index in [1.807, 2.05) is 38.9 Å². The van der Waals surface area contributed by atoms with E-state index in [-0.39, 0.29) is 17.6 Å². The van der Waals surface area contributed by atoms with Gasteiger partial charge in [0, 0.05) is 45.5 Å². The Morgan fingerprint density at radius 1 is 1.29 bits per heavy atom. The number of aromatic nitrogens is 4. The zero-order valence-corrected chi connectivity index (χ0v) is 15.1. The summed E-state index contributed by atoms with van der Waals surface area (Å²) >= 11 is 0. The Kier molecular flexibility index (Phi) is 5.73. The van der Waals surface area contributed by atoms with Crippen molar-refractivity contribution in [1.29, 1.82) is 0 Å². The average Bonchev–Trinajstić information content (AvgIpc) is 3.03. The smallest absolute Gasteiger partial charge is 0.259 e. The molecule has 0 radical (unpaired) electrons. The monoisotopic (exact) mass is 353 g/mol. The Morgan fingerprint density at radius 2 is 2.04 bits per heavy atom. The van der Waals surface area contributed by atoms with Crippen LogP contribution in [0.5, 0.6) is 0 Å². The first-order valence-corrected chi connectivity index (χ1v) is 9.05. The lowest BCUT2D eigenvalue weighted by Crippen LogP contribution is -2.29. The molecule has 0 saturated carbocycles. The molecule has 0 amide bonds. The summed E-state index contributed by atoms with van der Waals surface area (Å²) in [5, 5.41) is 10.9. The van der Waals surface area contributed by atoms with Gasteiger partial charge in [0.15, 0.2) is 10.8 Å². The van der Waals surface area contributed by atoms with Crippen molar-refractivity contribution in [2.75, 3.05) is 37.4 Å². The number of rotatable bonds is 8. The normalized spacial score (nSPS) is 11.7. The molecule has 2 aromatic rings. The predicted octanol–water partition coefficient (Wildman–Crippen LogP) is 0.710. The molecular weight excluding hydrogens is 330 g/mol. The molecule has 0 aliphatic carbocycles. The number of nitrogens with zero attached hydrogens (tertiary/aromatic N) is 5. The van der Waals surface area contributed by atoms with E-state index in [2.05, 4.69) is 25.2 Å². The molecule has 10 heteroatoms. The lowest BCUT2D eigenvalue weighted by atomic mass is 10.4. The Bertz CT molecular complexity index is 771. The summed E-state index contributed by atoms with van der Waals surface area (Å²) in [7, 11) is 0.201. The van der Waals surface area contributed by atoms with E-state index in [4.69, 9.17) is 0 Å². The third-order valence-corrected chi connectivity index (χ3v) is 4.67. The Morgan fingerprint density at radius 3 is 2.67 bits per heavy atom. The standard InChI is InChI=1S/C14H23N7O2S/c1-11(2)21-9-14(16-10-21)24(22,23)18-6-5-15-13-7-12(20(3)4)8-17-19-13/h7-11,18H,5-6H2,1-4H3,(H,15,19). The number of hydrogen-bond donors (Lipinski definition) is 2.